The number of esters is 1. The van der Waals surface area contributed by atoms with E-state index < -0.39 is 23.3 Å². The van der Waals surface area contributed by atoms with Gasteiger partial charge in [-0.2, -0.15) is 4.98 Å². The second kappa shape index (κ2) is 9.55. The molecule has 1 amide bonds. The molecule has 206 valence electrons. The van der Waals surface area contributed by atoms with Crippen LogP contribution in [0.5, 0.6) is 5.75 Å². The average Bonchev–Trinajstić information content (AvgIpc) is 3.18. The van der Waals surface area contributed by atoms with Crippen molar-refractivity contribution in [3.63, 3.8) is 0 Å². The molecule has 4 heterocycles. The standard InChI is InChI=1S/C29H27ClFN5O4/c1-29(2,3)26(37)40-18-10-15-6-4-5-7-19(15)20(11-18)23-22(31)24-21(12-32-23)25(34-27(30)33-24)35-13-16-8-9-17(14-35)36(16)28(38)39/h4-7,10-12,16-17H,8-9,13-14H2,1-3H3,(H,38,39)/t16-,17+. The van der Waals surface area contributed by atoms with E-state index in [1.54, 1.807) is 32.9 Å². The van der Waals surface area contributed by atoms with Gasteiger partial charge in [-0.3, -0.25) is 14.7 Å². The lowest BCUT2D eigenvalue weighted by atomic mass is 9.97. The number of nitrogens with zero attached hydrogens (tertiary/aromatic N) is 5. The molecule has 6 rings (SSSR count). The van der Waals surface area contributed by atoms with E-state index in [9.17, 15) is 14.7 Å². The van der Waals surface area contributed by atoms with E-state index >= 15 is 4.39 Å². The smallest absolute Gasteiger partial charge is 0.407 e. The van der Waals surface area contributed by atoms with Crippen LogP contribution in [0.4, 0.5) is 15.0 Å². The van der Waals surface area contributed by atoms with Crippen molar-refractivity contribution in [2.45, 2.75) is 45.7 Å². The highest BCUT2D eigenvalue weighted by molar-refractivity contribution is 6.28. The Labute approximate surface area is 234 Å². The highest BCUT2D eigenvalue weighted by Gasteiger charge is 2.43. The lowest BCUT2D eigenvalue weighted by Gasteiger charge is -2.40. The molecule has 2 aromatic carbocycles. The fourth-order valence-electron chi connectivity index (χ4n) is 5.63. The highest BCUT2D eigenvalue weighted by atomic mass is 35.5. The number of aromatic nitrogens is 3. The topological polar surface area (TPSA) is 109 Å². The van der Waals surface area contributed by atoms with Gasteiger partial charge in [-0.1, -0.05) is 24.3 Å². The minimum Gasteiger partial charge on any atom is -0.465 e. The van der Waals surface area contributed by atoms with Gasteiger partial charge < -0.3 is 14.7 Å². The van der Waals surface area contributed by atoms with Crippen molar-refractivity contribution in [1.82, 2.24) is 19.9 Å². The third-order valence-corrected chi connectivity index (χ3v) is 7.72. The molecule has 2 bridgehead atoms. The summed E-state index contributed by atoms with van der Waals surface area (Å²) in [6.07, 6.45) is 2.10. The number of ether oxygens (including phenoxy) is 1. The maximum absolute atomic E-state index is 16.3. The van der Waals surface area contributed by atoms with Crippen LogP contribution >= 0.6 is 11.6 Å². The molecule has 0 aliphatic carbocycles. The summed E-state index contributed by atoms with van der Waals surface area (Å²) < 4.78 is 22.0. The van der Waals surface area contributed by atoms with E-state index in [0.717, 1.165) is 23.6 Å². The number of halogens is 2. The molecule has 40 heavy (non-hydrogen) atoms. The van der Waals surface area contributed by atoms with Crippen LogP contribution in [0.15, 0.2) is 42.6 Å². The van der Waals surface area contributed by atoms with Gasteiger partial charge in [0.15, 0.2) is 5.82 Å². The van der Waals surface area contributed by atoms with Crippen LogP contribution < -0.4 is 9.64 Å². The number of carboxylic acid groups (broad SMARTS) is 1. The molecule has 0 saturated carbocycles. The molecule has 0 spiro atoms. The van der Waals surface area contributed by atoms with Crippen molar-refractivity contribution in [2.24, 2.45) is 5.41 Å². The number of benzene rings is 2. The molecular formula is C29H27ClFN5O4. The average molecular weight is 564 g/mol. The van der Waals surface area contributed by atoms with Crippen molar-refractivity contribution in [1.29, 1.82) is 0 Å². The second-order valence-electron chi connectivity index (χ2n) is 11.3. The number of carbonyl (C=O) groups is 2. The summed E-state index contributed by atoms with van der Waals surface area (Å²) in [7, 11) is 0. The predicted molar refractivity (Wildman–Crippen MR) is 149 cm³/mol. The van der Waals surface area contributed by atoms with Crippen LogP contribution in [0.25, 0.3) is 32.9 Å². The van der Waals surface area contributed by atoms with E-state index in [1.807, 2.05) is 29.2 Å². The van der Waals surface area contributed by atoms with E-state index in [0.29, 0.717) is 29.9 Å². The molecule has 2 aliphatic heterocycles. The summed E-state index contributed by atoms with van der Waals surface area (Å²) in [6, 6.07) is 10.4. The monoisotopic (exact) mass is 563 g/mol. The fraction of sp³-hybridized carbons (Fsp3) is 0.345. The number of amides is 1. The number of hydrogen-bond donors (Lipinski definition) is 1. The van der Waals surface area contributed by atoms with Crippen molar-refractivity contribution in [2.75, 3.05) is 18.0 Å². The molecule has 9 nitrogen and oxygen atoms in total. The van der Waals surface area contributed by atoms with Crippen LogP contribution in [-0.2, 0) is 4.79 Å². The zero-order valence-electron chi connectivity index (χ0n) is 22.2. The van der Waals surface area contributed by atoms with Gasteiger partial charge >= 0.3 is 12.1 Å². The van der Waals surface area contributed by atoms with Crippen molar-refractivity contribution < 1.29 is 23.8 Å². The summed E-state index contributed by atoms with van der Waals surface area (Å²) in [5.41, 5.74) is -0.237. The van der Waals surface area contributed by atoms with Gasteiger partial charge in [0.1, 0.15) is 22.8 Å². The largest absolute Gasteiger partial charge is 0.465 e. The fourth-order valence-corrected chi connectivity index (χ4v) is 5.79. The third kappa shape index (κ3) is 4.46. The SMILES string of the molecule is CC(C)(C)C(=O)Oc1cc(-c2ncc3c(N4C[C@H]5CC[C@@H](C4)N5C(=O)O)nc(Cl)nc3c2F)c2ccccc2c1. The Morgan fingerprint density at radius 2 is 1.77 bits per heavy atom. The maximum atomic E-state index is 16.3. The van der Waals surface area contributed by atoms with Crippen LogP contribution in [0.2, 0.25) is 5.28 Å². The van der Waals surface area contributed by atoms with Gasteiger partial charge in [-0.15, -0.1) is 0 Å². The number of hydrogen-bond acceptors (Lipinski definition) is 7. The normalized spacial score (nSPS) is 18.9. The zero-order chi connectivity index (χ0) is 28.3. The number of anilines is 1. The Bertz CT molecular complexity index is 1680. The van der Waals surface area contributed by atoms with E-state index in [-0.39, 0.29) is 34.3 Å². The van der Waals surface area contributed by atoms with Gasteiger partial charge in [-0.25, -0.2) is 14.2 Å². The van der Waals surface area contributed by atoms with Crippen LogP contribution in [0, 0.1) is 11.2 Å². The molecule has 2 saturated heterocycles. The Kier molecular flexibility index (Phi) is 6.25. The zero-order valence-corrected chi connectivity index (χ0v) is 22.9. The van der Waals surface area contributed by atoms with Crippen molar-refractivity contribution in [3.05, 3.63) is 53.7 Å². The number of pyridine rings is 1. The van der Waals surface area contributed by atoms with Gasteiger partial charge in [0.25, 0.3) is 0 Å². The minimum atomic E-state index is -0.933. The van der Waals surface area contributed by atoms with Gasteiger partial charge in [-0.05, 0) is 68.1 Å². The molecular weight excluding hydrogens is 537 g/mol. The second-order valence-corrected chi connectivity index (χ2v) is 11.6. The van der Waals surface area contributed by atoms with Crippen LogP contribution in [0.1, 0.15) is 33.6 Å². The van der Waals surface area contributed by atoms with E-state index in [4.69, 9.17) is 16.3 Å². The number of fused-ring (bicyclic) bond motifs is 4. The highest BCUT2D eigenvalue weighted by Crippen LogP contribution is 2.39. The van der Waals surface area contributed by atoms with Gasteiger partial charge in [0.2, 0.25) is 5.28 Å². The molecule has 2 fully saturated rings. The Morgan fingerprint density at radius 1 is 1.07 bits per heavy atom. The summed E-state index contributed by atoms with van der Waals surface area (Å²) in [4.78, 5) is 40.9. The van der Waals surface area contributed by atoms with Crippen molar-refractivity contribution >= 4 is 51.2 Å². The number of rotatable bonds is 3. The number of piperazine rings is 1. The minimum absolute atomic E-state index is 0.00850. The molecule has 2 atom stereocenters. The van der Waals surface area contributed by atoms with Crippen LogP contribution in [-0.4, -0.2) is 62.2 Å². The first kappa shape index (κ1) is 26.2. The lowest BCUT2D eigenvalue weighted by Crippen LogP contribution is -2.55. The lowest BCUT2D eigenvalue weighted by molar-refractivity contribution is -0.142. The summed E-state index contributed by atoms with van der Waals surface area (Å²) >= 11 is 6.30. The quantitative estimate of drug-likeness (QED) is 0.186. The van der Waals surface area contributed by atoms with Gasteiger partial charge in [0.05, 0.1) is 22.9 Å². The maximum Gasteiger partial charge on any atom is 0.407 e. The first-order chi connectivity index (χ1) is 19.0. The first-order valence-corrected chi connectivity index (χ1v) is 13.4. The molecule has 1 N–H and O–H groups in total. The van der Waals surface area contributed by atoms with E-state index in [1.165, 1.54) is 11.1 Å². The first-order valence-electron chi connectivity index (χ1n) is 13.0. The Hall–Kier alpha value is -4.05. The molecule has 2 aromatic heterocycles. The van der Waals surface area contributed by atoms with Gasteiger partial charge in [0, 0.05) is 24.8 Å². The van der Waals surface area contributed by atoms with E-state index in [2.05, 4.69) is 15.0 Å². The number of carbonyl (C=O) groups excluding carboxylic acids is 1. The molecule has 0 radical (unpaired) electrons. The summed E-state index contributed by atoms with van der Waals surface area (Å²) in [5, 5.41) is 11.4. The molecule has 0 unspecified atom stereocenters. The predicted octanol–water partition coefficient (Wildman–Crippen LogP) is 5.92. The molecule has 2 aliphatic rings. The van der Waals surface area contributed by atoms with Crippen molar-refractivity contribution in [3.8, 4) is 17.0 Å². The third-order valence-electron chi connectivity index (χ3n) is 7.55. The summed E-state index contributed by atoms with van der Waals surface area (Å²) in [6.45, 7) is 6.11. The molecule has 4 aromatic rings. The summed E-state index contributed by atoms with van der Waals surface area (Å²) in [5.74, 6) is -0.392. The Morgan fingerprint density at radius 3 is 2.45 bits per heavy atom. The molecule has 11 heteroatoms. The van der Waals surface area contributed by atoms with Crippen LogP contribution in [0.3, 0.4) is 0 Å². The Balaban J connectivity index is 1.46.